The number of aliphatic imine (C=N–C) groups is 1. The highest BCUT2D eigenvalue weighted by molar-refractivity contribution is 7.98. The Labute approximate surface area is 180 Å². The first-order valence-corrected chi connectivity index (χ1v) is 11.4. The van der Waals surface area contributed by atoms with E-state index in [9.17, 15) is 0 Å². The Morgan fingerprint density at radius 1 is 1.10 bits per heavy atom. The van der Waals surface area contributed by atoms with E-state index in [1.165, 1.54) is 16.7 Å². The van der Waals surface area contributed by atoms with Crippen LogP contribution >= 0.6 is 11.9 Å². The molecule has 3 N–H and O–H groups in total. The number of nitrogens with zero attached hydrogens (tertiary/aromatic N) is 1. The van der Waals surface area contributed by atoms with Crippen molar-refractivity contribution in [2.24, 2.45) is 16.1 Å². The molecule has 0 amide bonds. The summed E-state index contributed by atoms with van der Waals surface area (Å²) in [5, 5.41) is 0.389. The van der Waals surface area contributed by atoms with Crippen molar-refractivity contribution in [2.75, 3.05) is 6.54 Å². The van der Waals surface area contributed by atoms with E-state index in [-0.39, 0.29) is 16.9 Å². The largest absolute Gasteiger partial charge is 0.330 e. The number of nitrogens with one attached hydrogen (secondary N) is 1. The summed E-state index contributed by atoms with van der Waals surface area (Å²) in [5.74, 6) is 1.07. The number of hydrogen-bond acceptors (Lipinski definition) is 3. The molecule has 0 spiro atoms. The van der Waals surface area contributed by atoms with Crippen molar-refractivity contribution in [1.29, 1.82) is 0 Å². The summed E-state index contributed by atoms with van der Waals surface area (Å²) in [6.07, 6.45) is 1.79. The Bertz CT molecular complexity index is 819. The molecule has 3 nitrogen and oxygen atoms in total. The monoisotopic (exact) mass is 409 g/mol. The van der Waals surface area contributed by atoms with Crippen molar-refractivity contribution < 1.29 is 0 Å². The fourth-order valence-electron chi connectivity index (χ4n) is 3.92. The Kier molecular flexibility index (Phi) is 6.75. The molecule has 0 aromatic heterocycles. The van der Waals surface area contributed by atoms with E-state index in [1.54, 1.807) is 11.9 Å². The molecule has 2 aromatic rings. The average Bonchev–Trinajstić information content (AvgIpc) is 2.67. The third-order valence-electron chi connectivity index (χ3n) is 5.64. The van der Waals surface area contributed by atoms with Crippen molar-refractivity contribution in [3.63, 3.8) is 0 Å². The Morgan fingerprint density at radius 2 is 1.76 bits per heavy atom. The molecule has 2 atom stereocenters. The van der Waals surface area contributed by atoms with Gasteiger partial charge in [0.2, 0.25) is 0 Å². The van der Waals surface area contributed by atoms with E-state index >= 15 is 0 Å². The van der Waals surface area contributed by atoms with Gasteiger partial charge in [-0.05, 0) is 52.4 Å². The van der Waals surface area contributed by atoms with Crippen LogP contribution < -0.4 is 10.5 Å². The molecule has 156 valence electrons. The average molecular weight is 410 g/mol. The van der Waals surface area contributed by atoms with Crippen LogP contribution in [0.15, 0.2) is 59.6 Å². The number of nitrogens with two attached hydrogens (primary N) is 1. The molecule has 1 heterocycles. The summed E-state index contributed by atoms with van der Waals surface area (Å²) in [7, 11) is 0. The van der Waals surface area contributed by atoms with Gasteiger partial charge in [0.05, 0.1) is 11.3 Å². The quantitative estimate of drug-likeness (QED) is 0.580. The van der Waals surface area contributed by atoms with Gasteiger partial charge >= 0.3 is 0 Å². The second kappa shape index (κ2) is 8.93. The molecule has 1 unspecified atom stereocenters. The number of benzene rings is 2. The van der Waals surface area contributed by atoms with Crippen LogP contribution in [-0.2, 0) is 5.41 Å². The van der Waals surface area contributed by atoms with Gasteiger partial charge in [-0.3, -0.25) is 4.99 Å². The Balaban J connectivity index is 1.78. The molecule has 1 aliphatic heterocycles. The molecular formula is C25H35N3S. The van der Waals surface area contributed by atoms with Crippen LogP contribution in [0.2, 0.25) is 0 Å². The fourth-order valence-corrected chi connectivity index (χ4v) is 5.00. The first-order valence-electron chi connectivity index (χ1n) is 10.5. The second-order valence-corrected chi connectivity index (χ2v) is 10.6. The zero-order valence-corrected chi connectivity index (χ0v) is 19.2. The minimum Gasteiger partial charge on any atom is -0.330 e. The maximum atomic E-state index is 5.87. The van der Waals surface area contributed by atoms with Crippen LogP contribution in [0.4, 0.5) is 0 Å². The van der Waals surface area contributed by atoms with Gasteiger partial charge in [-0.15, -0.1) is 0 Å². The summed E-state index contributed by atoms with van der Waals surface area (Å²) in [4.78, 5) is 5.07. The zero-order valence-electron chi connectivity index (χ0n) is 18.4. The minimum absolute atomic E-state index is 0.113. The minimum atomic E-state index is 0.113. The summed E-state index contributed by atoms with van der Waals surface area (Å²) in [6, 6.07) is 19.7. The number of rotatable bonds is 5. The number of amidine groups is 1. The highest BCUT2D eigenvalue weighted by Crippen LogP contribution is 2.48. The lowest BCUT2D eigenvalue weighted by Gasteiger charge is -2.39. The smallest absolute Gasteiger partial charge is 0.107 e. The predicted octanol–water partition coefficient (Wildman–Crippen LogP) is 6.18. The molecule has 0 bridgehead atoms. The van der Waals surface area contributed by atoms with Gasteiger partial charge in [-0.2, -0.15) is 0 Å². The molecule has 1 saturated heterocycles. The van der Waals surface area contributed by atoms with Crippen LogP contribution in [-0.4, -0.2) is 12.4 Å². The molecular weight excluding hydrogens is 374 g/mol. The summed E-state index contributed by atoms with van der Waals surface area (Å²) >= 11 is 1.79. The van der Waals surface area contributed by atoms with Crippen LogP contribution in [0.1, 0.15) is 75.4 Å². The lowest BCUT2D eigenvalue weighted by Crippen LogP contribution is -2.36. The van der Waals surface area contributed by atoms with E-state index in [0.29, 0.717) is 11.8 Å². The molecule has 0 radical (unpaired) electrons. The van der Waals surface area contributed by atoms with Crippen molar-refractivity contribution in [3.05, 3.63) is 71.3 Å². The summed E-state index contributed by atoms with van der Waals surface area (Å²) in [5.41, 5.74) is 10.2. The van der Waals surface area contributed by atoms with E-state index < -0.39 is 0 Å². The Morgan fingerprint density at radius 3 is 2.31 bits per heavy atom. The van der Waals surface area contributed by atoms with Crippen molar-refractivity contribution >= 4 is 17.8 Å². The zero-order chi connectivity index (χ0) is 21.1. The van der Waals surface area contributed by atoms with Gasteiger partial charge < -0.3 is 10.5 Å². The summed E-state index contributed by atoms with van der Waals surface area (Å²) < 4.78 is 3.55. The van der Waals surface area contributed by atoms with Gasteiger partial charge in [0, 0.05) is 6.42 Å². The molecule has 0 aliphatic carbocycles. The predicted molar refractivity (Wildman–Crippen MR) is 127 cm³/mol. The summed E-state index contributed by atoms with van der Waals surface area (Å²) in [6.45, 7) is 12.1. The molecule has 1 aliphatic rings. The normalized spacial score (nSPS) is 21.6. The lowest BCUT2D eigenvalue weighted by atomic mass is 9.80. The first kappa shape index (κ1) is 21.9. The van der Waals surface area contributed by atoms with E-state index in [0.717, 1.165) is 18.7 Å². The van der Waals surface area contributed by atoms with Crippen LogP contribution in [0, 0.1) is 5.41 Å². The number of hydrogen-bond donors (Lipinski definition) is 2. The third kappa shape index (κ3) is 5.43. The molecule has 1 fully saturated rings. The highest BCUT2D eigenvalue weighted by atomic mass is 32.2. The van der Waals surface area contributed by atoms with Crippen LogP contribution in [0.3, 0.4) is 0 Å². The van der Waals surface area contributed by atoms with Gasteiger partial charge in [-0.1, -0.05) is 89.2 Å². The van der Waals surface area contributed by atoms with Crippen molar-refractivity contribution in [1.82, 2.24) is 4.72 Å². The standard InChI is InChI=1S/C25H35N3S/c1-24(2,3)20-13-11-19(12-14-20)23-25(4,5)17-22(28-29-23)27-21(15-16-26)18-9-7-6-8-10-18/h6-14,21,23H,15-17,26H2,1-5H3,(H,27,28)/t21-,23?/m0/s1. The van der Waals surface area contributed by atoms with Gasteiger partial charge in [-0.25, -0.2) is 0 Å². The van der Waals surface area contributed by atoms with Crippen LogP contribution in [0.25, 0.3) is 0 Å². The topological polar surface area (TPSA) is 50.4 Å². The Hall–Kier alpha value is -1.78. The fraction of sp³-hybridized carbons (Fsp3) is 0.480. The SMILES string of the molecule is CC(C)(C)c1ccc(C2SNC(=N[C@@H](CCN)c3ccccc3)CC2(C)C)cc1. The second-order valence-electron chi connectivity index (χ2n) is 9.72. The van der Waals surface area contributed by atoms with E-state index in [1.807, 2.05) is 6.07 Å². The molecule has 29 heavy (non-hydrogen) atoms. The lowest BCUT2D eigenvalue weighted by molar-refractivity contribution is 0.362. The first-order chi connectivity index (χ1) is 13.7. The van der Waals surface area contributed by atoms with E-state index in [4.69, 9.17) is 10.7 Å². The molecule has 3 rings (SSSR count). The maximum Gasteiger partial charge on any atom is 0.107 e. The van der Waals surface area contributed by atoms with Gasteiger partial charge in [0.1, 0.15) is 5.84 Å². The van der Waals surface area contributed by atoms with E-state index in [2.05, 4.69) is 87.9 Å². The molecule has 2 aromatic carbocycles. The van der Waals surface area contributed by atoms with Crippen LogP contribution in [0.5, 0.6) is 0 Å². The van der Waals surface area contributed by atoms with Gasteiger partial charge in [0.25, 0.3) is 0 Å². The molecule has 4 heteroatoms. The highest BCUT2D eigenvalue weighted by Gasteiger charge is 2.37. The third-order valence-corrected chi connectivity index (χ3v) is 7.14. The van der Waals surface area contributed by atoms with Gasteiger partial charge in [0.15, 0.2) is 0 Å². The maximum absolute atomic E-state index is 5.87. The van der Waals surface area contributed by atoms with Crippen molar-refractivity contribution in [3.8, 4) is 0 Å². The molecule has 0 saturated carbocycles. The van der Waals surface area contributed by atoms with Crippen molar-refractivity contribution in [2.45, 2.75) is 64.2 Å².